The first-order valence-corrected chi connectivity index (χ1v) is 6.04. The zero-order chi connectivity index (χ0) is 13.8. The summed E-state index contributed by atoms with van der Waals surface area (Å²) < 4.78 is 13.5. The average Bonchev–Trinajstić information content (AvgIpc) is 2.41. The smallest absolute Gasteiger partial charge is 0.258 e. The van der Waals surface area contributed by atoms with Gasteiger partial charge in [0.05, 0.1) is 10.5 Å². The van der Waals surface area contributed by atoms with Crippen LogP contribution in [-0.2, 0) is 0 Å². The molecule has 0 amide bonds. The molecule has 94 valence electrons. The molecular formula is C13H7FN2O2S. The molecule has 0 fully saturated rings. The van der Waals surface area contributed by atoms with Gasteiger partial charge in [-0.2, -0.15) is 5.26 Å². The van der Waals surface area contributed by atoms with Crippen molar-refractivity contribution in [3.05, 3.63) is 64.0 Å². The number of non-ortho nitro benzene ring substituents is 1. The van der Waals surface area contributed by atoms with E-state index in [0.29, 0.717) is 9.79 Å². The lowest BCUT2D eigenvalue weighted by Gasteiger charge is -2.04. The molecule has 0 aliphatic rings. The molecule has 0 spiro atoms. The van der Waals surface area contributed by atoms with E-state index in [2.05, 4.69) is 0 Å². The molecule has 6 heteroatoms. The van der Waals surface area contributed by atoms with E-state index in [9.17, 15) is 14.5 Å². The highest BCUT2D eigenvalue weighted by atomic mass is 32.2. The molecule has 0 aliphatic heterocycles. The SMILES string of the molecule is N#Cc1cc([N+](=O)[O-])ccc1Sc1ccccc1F. The monoisotopic (exact) mass is 274 g/mol. The zero-order valence-electron chi connectivity index (χ0n) is 9.54. The molecule has 0 radical (unpaired) electrons. The summed E-state index contributed by atoms with van der Waals surface area (Å²) in [4.78, 5) is 10.9. The van der Waals surface area contributed by atoms with E-state index in [1.54, 1.807) is 18.2 Å². The zero-order valence-corrected chi connectivity index (χ0v) is 10.4. The Bertz CT molecular complexity index is 683. The number of nitrogens with zero attached hydrogens (tertiary/aromatic N) is 2. The Balaban J connectivity index is 2.39. The summed E-state index contributed by atoms with van der Waals surface area (Å²) >= 11 is 1.07. The molecule has 2 aromatic carbocycles. The third kappa shape index (κ3) is 2.89. The Morgan fingerprint density at radius 2 is 1.95 bits per heavy atom. The van der Waals surface area contributed by atoms with Crippen molar-refractivity contribution >= 4 is 17.4 Å². The van der Waals surface area contributed by atoms with Crippen LogP contribution >= 0.6 is 11.8 Å². The first kappa shape index (κ1) is 13.1. The van der Waals surface area contributed by atoms with Crippen molar-refractivity contribution in [3.8, 4) is 6.07 Å². The van der Waals surface area contributed by atoms with Crippen molar-refractivity contribution in [1.29, 1.82) is 5.26 Å². The van der Waals surface area contributed by atoms with Crippen LogP contribution in [0.4, 0.5) is 10.1 Å². The summed E-state index contributed by atoms with van der Waals surface area (Å²) in [6.45, 7) is 0. The van der Waals surface area contributed by atoms with E-state index >= 15 is 0 Å². The fourth-order valence-electron chi connectivity index (χ4n) is 1.45. The number of halogens is 1. The van der Waals surface area contributed by atoms with Gasteiger partial charge in [0.2, 0.25) is 0 Å². The third-order valence-electron chi connectivity index (χ3n) is 2.35. The van der Waals surface area contributed by atoms with E-state index in [-0.39, 0.29) is 11.3 Å². The molecule has 2 rings (SSSR count). The molecule has 4 nitrogen and oxygen atoms in total. The Hall–Kier alpha value is -2.39. The summed E-state index contributed by atoms with van der Waals surface area (Å²) in [6.07, 6.45) is 0. The lowest BCUT2D eigenvalue weighted by atomic mass is 10.2. The van der Waals surface area contributed by atoms with Crippen LogP contribution in [-0.4, -0.2) is 4.92 Å². The van der Waals surface area contributed by atoms with Crippen molar-refractivity contribution in [2.45, 2.75) is 9.79 Å². The van der Waals surface area contributed by atoms with Gasteiger partial charge in [-0.3, -0.25) is 10.1 Å². The summed E-state index contributed by atoms with van der Waals surface area (Å²) in [5.74, 6) is -0.394. The highest BCUT2D eigenvalue weighted by Crippen LogP contribution is 2.33. The number of rotatable bonds is 3. The fourth-order valence-corrected chi connectivity index (χ4v) is 2.35. The summed E-state index contributed by atoms with van der Waals surface area (Å²) in [5.41, 5.74) is -0.00288. The van der Waals surface area contributed by atoms with Crippen LogP contribution in [0.1, 0.15) is 5.56 Å². The maximum Gasteiger partial charge on any atom is 0.270 e. The van der Waals surface area contributed by atoms with E-state index < -0.39 is 10.7 Å². The minimum Gasteiger partial charge on any atom is -0.258 e. The molecule has 2 aromatic rings. The first-order valence-electron chi connectivity index (χ1n) is 5.22. The van der Waals surface area contributed by atoms with Crippen molar-refractivity contribution in [2.75, 3.05) is 0 Å². The molecule has 0 unspecified atom stereocenters. The van der Waals surface area contributed by atoms with Gasteiger partial charge >= 0.3 is 0 Å². The number of nitro groups is 1. The minimum absolute atomic E-state index is 0.155. The van der Waals surface area contributed by atoms with Crippen molar-refractivity contribution < 1.29 is 9.31 Å². The standard InChI is InChI=1S/C13H7FN2O2S/c14-11-3-1-2-4-13(11)19-12-6-5-10(16(17)18)7-9(12)8-15/h1-7H. The molecular weight excluding hydrogens is 267 g/mol. The Morgan fingerprint density at radius 3 is 2.58 bits per heavy atom. The largest absolute Gasteiger partial charge is 0.270 e. The van der Waals surface area contributed by atoms with Crippen LogP contribution in [0.3, 0.4) is 0 Å². The van der Waals surface area contributed by atoms with Gasteiger partial charge in [0.1, 0.15) is 11.9 Å². The van der Waals surface area contributed by atoms with E-state index in [4.69, 9.17) is 5.26 Å². The molecule has 0 aliphatic carbocycles. The Morgan fingerprint density at radius 1 is 1.21 bits per heavy atom. The molecule has 0 N–H and O–H groups in total. The number of nitriles is 1. The predicted octanol–water partition coefficient (Wildman–Crippen LogP) is 3.76. The lowest BCUT2D eigenvalue weighted by Crippen LogP contribution is -1.90. The molecule has 0 bridgehead atoms. The van der Waals surface area contributed by atoms with E-state index in [0.717, 1.165) is 11.8 Å². The second kappa shape index (κ2) is 5.50. The number of nitro benzene ring substituents is 1. The average molecular weight is 274 g/mol. The summed E-state index contributed by atoms with van der Waals surface area (Å²) in [7, 11) is 0. The summed E-state index contributed by atoms with van der Waals surface area (Å²) in [5, 5.41) is 19.6. The molecule has 19 heavy (non-hydrogen) atoms. The topological polar surface area (TPSA) is 66.9 Å². The van der Waals surface area contributed by atoms with Gasteiger partial charge in [0, 0.05) is 21.9 Å². The molecule has 0 atom stereocenters. The van der Waals surface area contributed by atoms with Crippen LogP contribution in [0.5, 0.6) is 0 Å². The van der Waals surface area contributed by atoms with Gasteiger partial charge < -0.3 is 0 Å². The van der Waals surface area contributed by atoms with Gasteiger partial charge in [-0.05, 0) is 18.2 Å². The van der Waals surface area contributed by atoms with Crippen LogP contribution in [0.25, 0.3) is 0 Å². The molecule has 0 heterocycles. The van der Waals surface area contributed by atoms with Crippen molar-refractivity contribution in [1.82, 2.24) is 0 Å². The van der Waals surface area contributed by atoms with E-state index in [1.807, 2.05) is 6.07 Å². The lowest BCUT2D eigenvalue weighted by molar-refractivity contribution is -0.384. The van der Waals surface area contributed by atoms with Crippen molar-refractivity contribution in [2.24, 2.45) is 0 Å². The van der Waals surface area contributed by atoms with Crippen LogP contribution in [0, 0.1) is 27.3 Å². The highest BCUT2D eigenvalue weighted by Gasteiger charge is 2.12. The Kier molecular flexibility index (Phi) is 3.78. The van der Waals surface area contributed by atoms with Crippen LogP contribution in [0.2, 0.25) is 0 Å². The fraction of sp³-hybridized carbons (Fsp3) is 0. The molecule has 0 aromatic heterocycles. The quantitative estimate of drug-likeness (QED) is 0.631. The first-order chi connectivity index (χ1) is 9.11. The number of hydrogen-bond donors (Lipinski definition) is 0. The summed E-state index contributed by atoms with van der Waals surface area (Å²) in [6, 6.07) is 12.0. The maximum absolute atomic E-state index is 13.5. The maximum atomic E-state index is 13.5. The molecule has 0 saturated heterocycles. The van der Waals surface area contributed by atoms with Gasteiger partial charge in [-0.1, -0.05) is 23.9 Å². The second-order valence-electron chi connectivity index (χ2n) is 3.58. The van der Waals surface area contributed by atoms with Gasteiger partial charge in [-0.15, -0.1) is 0 Å². The van der Waals surface area contributed by atoms with Gasteiger partial charge in [0.15, 0.2) is 0 Å². The van der Waals surface area contributed by atoms with Gasteiger partial charge in [0.25, 0.3) is 5.69 Å². The number of benzene rings is 2. The van der Waals surface area contributed by atoms with E-state index in [1.165, 1.54) is 24.3 Å². The van der Waals surface area contributed by atoms with Crippen molar-refractivity contribution in [3.63, 3.8) is 0 Å². The number of hydrogen-bond acceptors (Lipinski definition) is 4. The Labute approximate surface area is 112 Å². The molecule has 0 saturated carbocycles. The third-order valence-corrected chi connectivity index (χ3v) is 3.48. The normalized spacial score (nSPS) is 9.89. The highest BCUT2D eigenvalue weighted by molar-refractivity contribution is 7.99. The van der Waals surface area contributed by atoms with Crippen LogP contribution < -0.4 is 0 Å². The minimum atomic E-state index is -0.571. The second-order valence-corrected chi connectivity index (χ2v) is 4.67. The van der Waals surface area contributed by atoms with Crippen LogP contribution in [0.15, 0.2) is 52.3 Å². The van der Waals surface area contributed by atoms with Gasteiger partial charge in [-0.25, -0.2) is 4.39 Å². The predicted molar refractivity (Wildman–Crippen MR) is 68.3 cm³/mol.